The Morgan fingerprint density at radius 3 is 2.62 bits per heavy atom. The molecule has 0 bridgehead atoms. The Morgan fingerprint density at radius 1 is 1.17 bits per heavy atom. The Balaban J connectivity index is 1.60. The molecule has 1 heterocycles. The maximum Gasteiger partial charge on any atom is 0.248 e. The molecule has 1 aromatic heterocycles. The number of aromatic nitrogens is 1. The van der Waals surface area contributed by atoms with E-state index in [1.807, 2.05) is 13.0 Å². The van der Waals surface area contributed by atoms with Gasteiger partial charge in [0, 0.05) is 42.3 Å². The number of rotatable bonds is 8. The molecule has 29 heavy (non-hydrogen) atoms. The fourth-order valence-electron chi connectivity index (χ4n) is 3.14. The lowest BCUT2D eigenvalue weighted by atomic mass is 10.1. The van der Waals surface area contributed by atoms with Crippen LogP contribution in [0.3, 0.4) is 0 Å². The first-order chi connectivity index (χ1) is 14.0. The second kappa shape index (κ2) is 9.25. The van der Waals surface area contributed by atoms with Crippen LogP contribution >= 0.6 is 0 Å². The van der Waals surface area contributed by atoms with Crippen LogP contribution in [0.2, 0.25) is 0 Å². The maximum absolute atomic E-state index is 13.9. The summed E-state index contributed by atoms with van der Waals surface area (Å²) in [6.45, 7) is 3.73. The van der Waals surface area contributed by atoms with E-state index in [4.69, 9.17) is 5.73 Å². The fraction of sp³-hybridized carbons (Fsp3) is 0.227. The van der Waals surface area contributed by atoms with Gasteiger partial charge in [0.2, 0.25) is 11.8 Å². The van der Waals surface area contributed by atoms with E-state index in [2.05, 4.69) is 15.2 Å². The molecule has 0 aliphatic rings. The zero-order valence-electron chi connectivity index (χ0n) is 16.2. The molecular formula is C22H23FN4O2. The molecule has 0 unspecified atom stereocenters. The number of benzene rings is 2. The van der Waals surface area contributed by atoms with Gasteiger partial charge in [0.15, 0.2) is 0 Å². The van der Waals surface area contributed by atoms with Gasteiger partial charge in [0.1, 0.15) is 5.82 Å². The Labute approximate surface area is 168 Å². The summed E-state index contributed by atoms with van der Waals surface area (Å²) in [5, 5.41) is 3.56. The number of nitrogens with one attached hydrogen (secondary N) is 1. The number of carbonyl (C=O) groups is 2. The number of nitrogens with two attached hydrogens (primary N) is 1. The topological polar surface area (TPSA) is 88.3 Å². The lowest BCUT2D eigenvalue weighted by Crippen LogP contribution is -2.27. The molecule has 150 valence electrons. The van der Waals surface area contributed by atoms with Gasteiger partial charge in [0.05, 0.1) is 5.52 Å². The molecule has 6 nitrogen and oxygen atoms in total. The molecule has 0 aliphatic heterocycles. The second-order valence-corrected chi connectivity index (χ2v) is 6.75. The molecular weight excluding hydrogens is 371 g/mol. The van der Waals surface area contributed by atoms with E-state index >= 15 is 0 Å². The zero-order chi connectivity index (χ0) is 20.8. The minimum atomic E-state index is -0.513. The van der Waals surface area contributed by atoms with Crippen molar-refractivity contribution in [3.63, 3.8) is 0 Å². The Morgan fingerprint density at radius 2 is 1.93 bits per heavy atom. The van der Waals surface area contributed by atoms with Gasteiger partial charge in [0.25, 0.3) is 0 Å². The highest BCUT2D eigenvalue weighted by Crippen LogP contribution is 2.20. The molecule has 0 atom stereocenters. The van der Waals surface area contributed by atoms with Crippen LogP contribution in [0.5, 0.6) is 0 Å². The van der Waals surface area contributed by atoms with E-state index < -0.39 is 5.91 Å². The molecule has 0 saturated heterocycles. The number of fused-ring (bicyclic) bond motifs is 1. The monoisotopic (exact) mass is 394 g/mol. The van der Waals surface area contributed by atoms with Crippen molar-refractivity contribution in [1.29, 1.82) is 0 Å². The molecule has 0 aliphatic carbocycles. The lowest BCUT2D eigenvalue weighted by Gasteiger charge is -2.21. The van der Waals surface area contributed by atoms with Crippen molar-refractivity contribution in [2.75, 3.05) is 18.4 Å². The van der Waals surface area contributed by atoms with Crippen LogP contribution in [0.4, 0.5) is 10.1 Å². The van der Waals surface area contributed by atoms with Crippen molar-refractivity contribution in [2.45, 2.75) is 19.9 Å². The first-order valence-corrected chi connectivity index (χ1v) is 9.41. The number of nitrogens with zero attached hydrogens (tertiary/aromatic N) is 2. The lowest BCUT2D eigenvalue weighted by molar-refractivity contribution is -0.116. The number of anilines is 1. The van der Waals surface area contributed by atoms with Crippen LogP contribution in [0.15, 0.2) is 54.7 Å². The predicted octanol–water partition coefficient (Wildman–Crippen LogP) is 3.32. The summed E-state index contributed by atoms with van der Waals surface area (Å²) in [5.41, 5.74) is 7.76. The number of carbonyl (C=O) groups excluding carboxylic acids is 2. The van der Waals surface area contributed by atoms with Crippen molar-refractivity contribution in [1.82, 2.24) is 9.88 Å². The summed E-state index contributed by atoms with van der Waals surface area (Å²) < 4.78 is 13.9. The Kier molecular flexibility index (Phi) is 6.51. The third-order valence-corrected chi connectivity index (χ3v) is 4.70. The van der Waals surface area contributed by atoms with Gasteiger partial charge in [-0.05, 0) is 54.6 Å². The van der Waals surface area contributed by atoms with Crippen molar-refractivity contribution in [3.8, 4) is 0 Å². The van der Waals surface area contributed by atoms with Crippen molar-refractivity contribution in [2.24, 2.45) is 5.73 Å². The van der Waals surface area contributed by atoms with Crippen LogP contribution in [0.25, 0.3) is 10.9 Å². The van der Waals surface area contributed by atoms with E-state index in [9.17, 15) is 14.0 Å². The van der Waals surface area contributed by atoms with Crippen LogP contribution < -0.4 is 11.1 Å². The van der Waals surface area contributed by atoms with Crippen molar-refractivity contribution < 1.29 is 14.0 Å². The van der Waals surface area contributed by atoms with Crippen LogP contribution in [-0.2, 0) is 11.3 Å². The highest BCUT2D eigenvalue weighted by Gasteiger charge is 2.12. The van der Waals surface area contributed by atoms with Gasteiger partial charge in [-0.3, -0.25) is 19.5 Å². The number of hydrogen-bond acceptors (Lipinski definition) is 4. The minimum Gasteiger partial charge on any atom is -0.366 e. The van der Waals surface area contributed by atoms with Gasteiger partial charge in [-0.2, -0.15) is 0 Å². The quantitative estimate of drug-likeness (QED) is 0.613. The van der Waals surface area contributed by atoms with Crippen molar-refractivity contribution in [3.05, 3.63) is 71.7 Å². The molecule has 0 fully saturated rings. The minimum absolute atomic E-state index is 0.141. The number of pyridine rings is 1. The predicted molar refractivity (Wildman–Crippen MR) is 111 cm³/mol. The van der Waals surface area contributed by atoms with E-state index in [-0.39, 0.29) is 18.1 Å². The molecule has 0 saturated carbocycles. The van der Waals surface area contributed by atoms with Crippen LogP contribution in [-0.4, -0.2) is 34.8 Å². The largest absolute Gasteiger partial charge is 0.366 e. The molecule has 3 aromatic rings. The highest BCUT2D eigenvalue weighted by molar-refractivity contribution is 5.94. The third-order valence-electron chi connectivity index (χ3n) is 4.70. The summed E-state index contributed by atoms with van der Waals surface area (Å²) in [5.74, 6) is -0.952. The highest BCUT2D eigenvalue weighted by atomic mass is 19.1. The molecule has 2 aromatic carbocycles. The van der Waals surface area contributed by atoms with E-state index in [0.29, 0.717) is 30.9 Å². The Hall–Kier alpha value is -3.32. The van der Waals surface area contributed by atoms with Gasteiger partial charge < -0.3 is 11.1 Å². The van der Waals surface area contributed by atoms with Crippen LogP contribution in [0.1, 0.15) is 29.3 Å². The number of halogens is 1. The number of amides is 2. The molecule has 7 heteroatoms. The average molecular weight is 394 g/mol. The van der Waals surface area contributed by atoms with Gasteiger partial charge in [-0.1, -0.05) is 13.0 Å². The summed E-state index contributed by atoms with van der Waals surface area (Å²) in [6, 6.07) is 13.0. The van der Waals surface area contributed by atoms with Crippen molar-refractivity contribution >= 4 is 28.4 Å². The SMILES string of the molecule is CCN(CCC(=O)Nc1ccc(C(N)=O)cc1)Cc1cc(F)cc2cccnc12. The van der Waals surface area contributed by atoms with Gasteiger partial charge >= 0.3 is 0 Å². The van der Waals surface area contributed by atoms with Crippen LogP contribution in [0, 0.1) is 5.82 Å². The fourth-order valence-corrected chi connectivity index (χ4v) is 3.14. The first kappa shape index (κ1) is 20.4. The summed E-state index contributed by atoms with van der Waals surface area (Å²) in [7, 11) is 0. The molecule has 3 rings (SSSR count). The standard InChI is InChI=1S/C22H23FN4O2/c1-2-27(14-17-13-18(23)12-16-4-3-10-25-21(16)17)11-9-20(28)26-19-7-5-15(6-8-19)22(24)29/h3-8,10,12-13H,2,9,11,14H2,1H3,(H2,24,29)(H,26,28). The molecule has 3 N–H and O–H groups in total. The zero-order valence-corrected chi connectivity index (χ0v) is 16.2. The molecule has 0 radical (unpaired) electrons. The third kappa shape index (κ3) is 5.36. The van der Waals surface area contributed by atoms with E-state index in [1.54, 1.807) is 36.5 Å². The Bertz CT molecular complexity index is 1020. The van der Waals surface area contributed by atoms with Gasteiger partial charge in [-0.15, -0.1) is 0 Å². The summed E-state index contributed by atoms with van der Waals surface area (Å²) in [6.07, 6.45) is 1.98. The smallest absolute Gasteiger partial charge is 0.248 e. The summed E-state index contributed by atoms with van der Waals surface area (Å²) in [4.78, 5) is 29.8. The average Bonchev–Trinajstić information content (AvgIpc) is 2.71. The molecule has 0 spiro atoms. The number of primary amides is 1. The van der Waals surface area contributed by atoms with E-state index in [0.717, 1.165) is 16.5 Å². The number of hydrogen-bond donors (Lipinski definition) is 2. The normalized spacial score (nSPS) is 11.0. The van der Waals surface area contributed by atoms with Gasteiger partial charge in [-0.25, -0.2) is 4.39 Å². The van der Waals surface area contributed by atoms with E-state index in [1.165, 1.54) is 12.1 Å². The maximum atomic E-state index is 13.9. The first-order valence-electron chi connectivity index (χ1n) is 9.41. The molecule has 2 amide bonds. The summed E-state index contributed by atoms with van der Waals surface area (Å²) >= 11 is 0. The second-order valence-electron chi connectivity index (χ2n) is 6.75.